The van der Waals surface area contributed by atoms with Crippen molar-refractivity contribution in [1.82, 2.24) is 4.98 Å². The topological polar surface area (TPSA) is 54.0 Å². The molecule has 0 fully saturated rings. The molecule has 0 unspecified atom stereocenters. The van der Waals surface area contributed by atoms with Gasteiger partial charge in [-0.2, -0.15) is 0 Å². The molecule has 19 heavy (non-hydrogen) atoms. The van der Waals surface area contributed by atoms with E-state index in [-0.39, 0.29) is 5.91 Å². The number of hydrogen-bond donors (Lipinski definition) is 2. The van der Waals surface area contributed by atoms with E-state index >= 15 is 0 Å². The summed E-state index contributed by atoms with van der Waals surface area (Å²) < 4.78 is 14.0. The predicted molar refractivity (Wildman–Crippen MR) is 76.0 cm³/mol. The van der Waals surface area contributed by atoms with Crippen LogP contribution in [0.15, 0.2) is 23.6 Å². The van der Waals surface area contributed by atoms with E-state index in [1.54, 1.807) is 17.5 Å². The van der Waals surface area contributed by atoms with Crippen molar-refractivity contribution in [2.75, 3.05) is 17.2 Å². The molecule has 1 heterocycles. The fraction of sp³-hybridized carbons (Fsp3) is 0.231. The Morgan fingerprint density at radius 3 is 2.89 bits per heavy atom. The van der Waals surface area contributed by atoms with E-state index < -0.39 is 5.82 Å². The zero-order valence-electron chi connectivity index (χ0n) is 10.7. The summed E-state index contributed by atoms with van der Waals surface area (Å²) >= 11 is 1.43. The van der Waals surface area contributed by atoms with Crippen LogP contribution in [-0.2, 0) is 4.79 Å². The van der Waals surface area contributed by atoms with Crippen LogP contribution in [0.5, 0.6) is 0 Å². The zero-order chi connectivity index (χ0) is 13.8. The summed E-state index contributed by atoms with van der Waals surface area (Å²) in [4.78, 5) is 15.2. The van der Waals surface area contributed by atoms with Gasteiger partial charge in [0, 0.05) is 30.1 Å². The molecule has 1 aromatic heterocycles. The van der Waals surface area contributed by atoms with Gasteiger partial charge in [0.1, 0.15) is 5.82 Å². The van der Waals surface area contributed by atoms with E-state index in [0.29, 0.717) is 16.9 Å². The Labute approximate surface area is 114 Å². The summed E-state index contributed by atoms with van der Waals surface area (Å²) in [7, 11) is 0. The maximum absolute atomic E-state index is 14.0. The number of benzene rings is 1. The molecule has 6 heteroatoms. The first kappa shape index (κ1) is 13.5. The lowest BCUT2D eigenvalue weighted by Gasteiger charge is -2.04. The molecule has 0 saturated heterocycles. The number of carbonyl (C=O) groups is 1. The summed E-state index contributed by atoms with van der Waals surface area (Å²) in [6.07, 6.45) is 0. The highest BCUT2D eigenvalue weighted by atomic mass is 32.1. The van der Waals surface area contributed by atoms with E-state index in [9.17, 15) is 9.18 Å². The predicted octanol–water partition coefficient (Wildman–Crippen LogP) is 3.34. The van der Waals surface area contributed by atoms with Gasteiger partial charge in [-0.3, -0.25) is 4.79 Å². The number of amides is 1. The smallest absolute Gasteiger partial charge is 0.221 e. The van der Waals surface area contributed by atoms with Gasteiger partial charge in [-0.15, -0.1) is 11.3 Å². The second kappa shape index (κ2) is 5.79. The van der Waals surface area contributed by atoms with Crippen molar-refractivity contribution in [3.63, 3.8) is 0 Å². The lowest BCUT2D eigenvalue weighted by molar-refractivity contribution is -0.114. The van der Waals surface area contributed by atoms with Crippen LogP contribution in [0.4, 0.5) is 15.2 Å². The minimum atomic E-state index is -0.403. The van der Waals surface area contributed by atoms with Gasteiger partial charge in [-0.05, 0) is 25.1 Å². The highest BCUT2D eigenvalue weighted by Crippen LogP contribution is 2.28. The van der Waals surface area contributed by atoms with Gasteiger partial charge in [-0.1, -0.05) is 0 Å². The molecule has 2 N–H and O–H groups in total. The highest BCUT2D eigenvalue weighted by molar-refractivity contribution is 7.14. The molecule has 1 amide bonds. The molecule has 0 spiro atoms. The van der Waals surface area contributed by atoms with E-state index in [2.05, 4.69) is 15.6 Å². The van der Waals surface area contributed by atoms with Gasteiger partial charge in [-0.25, -0.2) is 9.37 Å². The van der Waals surface area contributed by atoms with Crippen LogP contribution >= 0.6 is 11.3 Å². The lowest BCUT2D eigenvalue weighted by Crippen LogP contribution is -2.05. The quantitative estimate of drug-likeness (QED) is 0.902. The molecule has 2 aromatic rings. The molecule has 0 aliphatic carbocycles. The van der Waals surface area contributed by atoms with Crippen molar-refractivity contribution in [2.24, 2.45) is 0 Å². The first-order chi connectivity index (χ1) is 9.10. The Morgan fingerprint density at radius 2 is 2.26 bits per heavy atom. The number of rotatable bonds is 4. The Morgan fingerprint density at radius 1 is 1.47 bits per heavy atom. The van der Waals surface area contributed by atoms with E-state index in [4.69, 9.17) is 0 Å². The van der Waals surface area contributed by atoms with Crippen LogP contribution in [0.3, 0.4) is 0 Å². The van der Waals surface area contributed by atoms with Gasteiger partial charge >= 0.3 is 0 Å². The third-order valence-electron chi connectivity index (χ3n) is 2.40. The monoisotopic (exact) mass is 279 g/mol. The van der Waals surface area contributed by atoms with Crippen molar-refractivity contribution in [2.45, 2.75) is 13.8 Å². The average Bonchev–Trinajstić information content (AvgIpc) is 2.77. The number of nitrogens with zero attached hydrogens (tertiary/aromatic N) is 1. The Hall–Kier alpha value is -1.95. The normalized spacial score (nSPS) is 10.3. The van der Waals surface area contributed by atoms with Crippen LogP contribution < -0.4 is 10.6 Å². The summed E-state index contributed by atoms with van der Waals surface area (Å²) in [5, 5.41) is 8.19. The molecule has 0 aliphatic heterocycles. The van der Waals surface area contributed by atoms with Crippen LogP contribution in [0.2, 0.25) is 0 Å². The van der Waals surface area contributed by atoms with Crippen molar-refractivity contribution >= 4 is 28.1 Å². The number of carbonyl (C=O) groups excluding carboxylic acids is 1. The second-order valence-electron chi connectivity index (χ2n) is 3.94. The van der Waals surface area contributed by atoms with E-state index in [1.807, 2.05) is 6.92 Å². The molecule has 4 nitrogen and oxygen atoms in total. The van der Waals surface area contributed by atoms with Crippen LogP contribution in [0.25, 0.3) is 11.3 Å². The zero-order valence-corrected chi connectivity index (χ0v) is 11.5. The first-order valence-corrected chi connectivity index (χ1v) is 6.75. The summed E-state index contributed by atoms with van der Waals surface area (Å²) in [5.41, 5.74) is 1.46. The number of hydrogen-bond acceptors (Lipinski definition) is 4. The molecule has 0 bridgehead atoms. The molecular weight excluding hydrogens is 265 g/mol. The maximum atomic E-state index is 14.0. The SMILES string of the molecule is CCNc1nc(-c2ccc(NC(C)=O)cc2F)cs1. The minimum absolute atomic E-state index is 0.227. The van der Waals surface area contributed by atoms with Gasteiger partial charge < -0.3 is 10.6 Å². The number of halogens is 1. The maximum Gasteiger partial charge on any atom is 0.221 e. The first-order valence-electron chi connectivity index (χ1n) is 5.87. The molecule has 100 valence electrons. The Kier molecular flexibility index (Phi) is 4.11. The number of aromatic nitrogens is 1. The molecule has 0 atom stereocenters. The van der Waals surface area contributed by atoms with Gasteiger partial charge in [0.25, 0.3) is 0 Å². The van der Waals surface area contributed by atoms with Crippen molar-refractivity contribution in [3.8, 4) is 11.3 Å². The van der Waals surface area contributed by atoms with E-state index in [0.717, 1.165) is 11.7 Å². The number of anilines is 2. The van der Waals surface area contributed by atoms with Gasteiger partial charge in [0.15, 0.2) is 5.13 Å². The fourth-order valence-corrected chi connectivity index (χ4v) is 2.42. The summed E-state index contributed by atoms with van der Waals surface area (Å²) in [6, 6.07) is 4.57. The lowest BCUT2D eigenvalue weighted by atomic mass is 10.1. The van der Waals surface area contributed by atoms with Gasteiger partial charge in [0.2, 0.25) is 5.91 Å². The van der Waals surface area contributed by atoms with Crippen molar-refractivity contribution in [1.29, 1.82) is 0 Å². The molecule has 0 saturated carbocycles. The van der Waals surface area contributed by atoms with Crippen LogP contribution in [0.1, 0.15) is 13.8 Å². The second-order valence-corrected chi connectivity index (χ2v) is 4.80. The summed E-state index contributed by atoms with van der Waals surface area (Å²) in [5.74, 6) is -0.630. The third kappa shape index (κ3) is 3.29. The van der Waals surface area contributed by atoms with Crippen molar-refractivity contribution < 1.29 is 9.18 Å². The molecule has 1 aromatic carbocycles. The molecule has 0 radical (unpaired) electrons. The van der Waals surface area contributed by atoms with Gasteiger partial charge in [0.05, 0.1) is 5.69 Å². The Balaban J connectivity index is 2.26. The molecule has 2 rings (SSSR count). The minimum Gasteiger partial charge on any atom is -0.362 e. The van der Waals surface area contributed by atoms with Crippen molar-refractivity contribution in [3.05, 3.63) is 29.4 Å². The average molecular weight is 279 g/mol. The third-order valence-corrected chi connectivity index (χ3v) is 3.20. The van der Waals surface area contributed by atoms with E-state index in [1.165, 1.54) is 24.3 Å². The molecule has 0 aliphatic rings. The Bertz CT molecular complexity index is 597. The van der Waals surface area contributed by atoms with Crippen LogP contribution in [-0.4, -0.2) is 17.4 Å². The largest absolute Gasteiger partial charge is 0.362 e. The highest BCUT2D eigenvalue weighted by Gasteiger charge is 2.10. The fourth-order valence-electron chi connectivity index (χ4n) is 1.63. The number of thiazole rings is 1. The molecular formula is C13H14FN3OS. The number of nitrogens with one attached hydrogen (secondary N) is 2. The standard InChI is InChI=1S/C13H14FN3OS/c1-3-15-13-17-12(7-19-13)10-5-4-9(6-11(10)14)16-8(2)18/h4-7H,3H2,1-2H3,(H,15,17)(H,16,18). The van der Waals surface area contributed by atoms with Crippen LogP contribution in [0, 0.1) is 5.82 Å². The summed E-state index contributed by atoms with van der Waals surface area (Å²) in [6.45, 7) is 4.13.